The molecule has 1 N–H and O–H groups in total. The monoisotopic (exact) mass is 291 g/mol. The largest absolute Gasteiger partial charge is 0.382 e. The van der Waals surface area contributed by atoms with Crippen LogP contribution in [0.4, 0.5) is 5.69 Å². The normalized spacial score (nSPS) is 17.8. The Morgan fingerprint density at radius 2 is 1.95 bits per heavy atom. The zero-order valence-corrected chi connectivity index (χ0v) is 13.2. The van der Waals surface area contributed by atoms with Gasteiger partial charge in [0, 0.05) is 30.4 Å². The van der Waals surface area contributed by atoms with Crippen LogP contribution in [0.3, 0.4) is 0 Å². The number of anilines is 1. The zero-order chi connectivity index (χ0) is 14.8. The first kappa shape index (κ1) is 15.2. The van der Waals surface area contributed by atoms with Crippen molar-refractivity contribution in [2.45, 2.75) is 45.2 Å². The van der Waals surface area contributed by atoms with Crippen molar-refractivity contribution < 1.29 is 0 Å². The molecule has 1 aliphatic rings. The molecule has 0 atom stereocenters. The summed E-state index contributed by atoms with van der Waals surface area (Å²) >= 11 is 6.06. The molecule has 3 nitrogen and oxygen atoms in total. The van der Waals surface area contributed by atoms with Crippen LogP contribution in [0.5, 0.6) is 0 Å². The molecule has 1 saturated heterocycles. The minimum absolute atomic E-state index is 0.253. The standard InChI is InChI=1S/C16H22ClN3/c1-16(2,3)20-8-6-13(7-9-20)19-14-5-4-12(11-18)15(17)10-14/h4-5,10,13,19H,6-9H2,1-3H3. The molecule has 0 aromatic heterocycles. The average Bonchev–Trinajstić information content (AvgIpc) is 2.38. The van der Waals surface area contributed by atoms with E-state index in [0.717, 1.165) is 31.6 Å². The molecular formula is C16H22ClN3. The smallest absolute Gasteiger partial charge is 0.101 e. The van der Waals surface area contributed by atoms with Crippen molar-refractivity contribution >= 4 is 17.3 Å². The van der Waals surface area contributed by atoms with Crippen LogP contribution in [0.2, 0.25) is 5.02 Å². The minimum Gasteiger partial charge on any atom is -0.382 e. The Labute approximate surface area is 126 Å². The average molecular weight is 292 g/mol. The van der Waals surface area contributed by atoms with Crippen LogP contribution < -0.4 is 5.32 Å². The lowest BCUT2D eigenvalue weighted by Gasteiger charge is -2.41. The van der Waals surface area contributed by atoms with Crippen LogP contribution >= 0.6 is 11.6 Å². The van der Waals surface area contributed by atoms with Crippen LogP contribution in [-0.2, 0) is 0 Å². The van der Waals surface area contributed by atoms with Crippen LogP contribution in [0.15, 0.2) is 18.2 Å². The van der Waals surface area contributed by atoms with Crippen LogP contribution in [0.25, 0.3) is 0 Å². The first-order chi connectivity index (χ1) is 9.40. The predicted molar refractivity (Wildman–Crippen MR) is 84.1 cm³/mol. The van der Waals surface area contributed by atoms with Gasteiger partial charge in [0.05, 0.1) is 10.6 Å². The summed E-state index contributed by atoms with van der Waals surface area (Å²) in [5.41, 5.74) is 1.78. The molecule has 1 heterocycles. The maximum absolute atomic E-state index is 8.88. The molecule has 0 radical (unpaired) electrons. The molecule has 108 valence electrons. The van der Waals surface area contributed by atoms with Crippen LogP contribution in [0, 0.1) is 11.3 Å². The van der Waals surface area contributed by atoms with Gasteiger partial charge in [0.15, 0.2) is 0 Å². The lowest BCUT2D eigenvalue weighted by Crippen LogP contribution is -2.48. The van der Waals surface area contributed by atoms with Gasteiger partial charge in [-0.25, -0.2) is 0 Å². The van der Waals surface area contributed by atoms with Gasteiger partial charge in [0.1, 0.15) is 6.07 Å². The summed E-state index contributed by atoms with van der Waals surface area (Å²) in [6.07, 6.45) is 2.27. The van der Waals surface area contributed by atoms with E-state index in [1.165, 1.54) is 0 Å². The number of nitrogens with one attached hydrogen (secondary N) is 1. The summed E-state index contributed by atoms with van der Waals surface area (Å²) in [5.74, 6) is 0. The van der Waals surface area contributed by atoms with Crippen molar-refractivity contribution in [1.82, 2.24) is 4.90 Å². The van der Waals surface area contributed by atoms with Gasteiger partial charge >= 0.3 is 0 Å². The van der Waals surface area contributed by atoms with E-state index in [1.54, 1.807) is 6.07 Å². The van der Waals surface area contributed by atoms with Gasteiger partial charge in [-0.2, -0.15) is 5.26 Å². The van der Waals surface area contributed by atoms with Crippen molar-refractivity contribution in [2.24, 2.45) is 0 Å². The van der Waals surface area contributed by atoms with Crippen molar-refractivity contribution in [3.63, 3.8) is 0 Å². The number of halogens is 1. The second kappa shape index (κ2) is 6.03. The molecule has 4 heteroatoms. The molecule has 0 unspecified atom stereocenters. The maximum Gasteiger partial charge on any atom is 0.101 e. The van der Waals surface area contributed by atoms with E-state index >= 15 is 0 Å². The first-order valence-electron chi connectivity index (χ1n) is 7.11. The molecule has 1 aliphatic heterocycles. The van der Waals surface area contributed by atoms with Gasteiger partial charge in [0.2, 0.25) is 0 Å². The molecule has 1 fully saturated rings. The van der Waals surface area contributed by atoms with Gasteiger partial charge in [-0.15, -0.1) is 0 Å². The Morgan fingerprint density at radius 1 is 1.30 bits per heavy atom. The molecule has 1 aromatic rings. The quantitative estimate of drug-likeness (QED) is 0.898. The molecule has 0 aliphatic carbocycles. The summed E-state index contributed by atoms with van der Waals surface area (Å²) in [7, 11) is 0. The van der Waals surface area contributed by atoms with E-state index in [-0.39, 0.29) is 5.54 Å². The third-order valence-electron chi connectivity index (χ3n) is 3.90. The van der Waals surface area contributed by atoms with E-state index in [2.05, 4.69) is 37.1 Å². The Balaban J connectivity index is 1.93. The van der Waals surface area contributed by atoms with E-state index in [0.29, 0.717) is 16.6 Å². The summed E-state index contributed by atoms with van der Waals surface area (Å²) < 4.78 is 0. The number of piperidine rings is 1. The molecule has 0 amide bonds. The highest BCUT2D eigenvalue weighted by Crippen LogP contribution is 2.25. The molecule has 20 heavy (non-hydrogen) atoms. The molecule has 0 spiro atoms. The molecule has 2 rings (SSSR count). The second-order valence-electron chi connectivity index (χ2n) is 6.38. The highest BCUT2D eigenvalue weighted by Gasteiger charge is 2.26. The van der Waals surface area contributed by atoms with E-state index in [4.69, 9.17) is 16.9 Å². The lowest BCUT2D eigenvalue weighted by atomic mass is 9.98. The highest BCUT2D eigenvalue weighted by atomic mass is 35.5. The first-order valence-corrected chi connectivity index (χ1v) is 7.49. The van der Waals surface area contributed by atoms with Gasteiger partial charge in [0.25, 0.3) is 0 Å². The summed E-state index contributed by atoms with van der Waals surface area (Å²) in [4.78, 5) is 2.52. The SMILES string of the molecule is CC(C)(C)N1CCC(Nc2ccc(C#N)c(Cl)c2)CC1. The molecule has 1 aromatic carbocycles. The summed E-state index contributed by atoms with van der Waals surface area (Å²) in [6.45, 7) is 9.03. The Hall–Kier alpha value is -1.24. The van der Waals surface area contributed by atoms with Gasteiger partial charge < -0.3 is 5.32 Å². The molecular weight excluding hydrogens is 270 g/mol. The van der Waals surface area contributed by atoms with E-state index in [1.807, 2.05) is 12.1 Å². The van der Waals surface area contributed by atoms with Crippen molar-refractivity contribution in [3.05, 3.63) is 28.8 Å². The number of nitrogens with zero attached hydrogens (tertiary/aromatic N) is 2. The number of likely N-dealkylation sites (tertiary alicyclic amines) is 1. The van der Waals surface area contributed by atoms with Crippen LogP contribution in [0.1, 0.15) is 39.2 Å². The highest BCUT2D eigenvalue weighted by molar-refractivity contribution is 6.32. The summed E-state index contributed by atoms with van der Waals surface area (Å²) in [5, 5.41) is 12.9. The number of nitriles is 1. The van der Waals surface area contributed by atoms with Crippen molar-refractivity contribution in [1.29, 1.82) is 5.26 Å². The fourth-order valence-corrected chi connectivity index (χ4v) is 2.85. The molecule has 0 saturated carbocycles. The van der Waals surface area contributed by atoms with E-state index < -0.39 is 0 Å². The van der Waals surface area contributed by atoms with Gasteiger partial charge in [-0.05, 0) is 51.8 Å². The van der Waals surface area contributed by atoms with Crippen molar-refractivity contribution in [3.8, 4) is 6.07 Å². The molecule has 0 bridgehead atoms. The van der Waals surface area contributed by atoms with Crippen LogP contribution in [-0.4, -0.2) is 29.6 Å². The minimum atomic E-state index is 0.253. The zero-order valence-electron chi connectivity index (χ0n) is 12.4. The number of benzene rings is 1. The van der Waals surface area contributed by atoms with E-state index in [9.17, 15) is 0 Å². The van der Waals surface area contributed by atoms with Gasteiger partial charge in [-0.1, -0.05) is 11.6 Å². The number of rotatable bonds is 2. The fourth-order valence-electron chi connectivity index (χ4n) is 2.63. The fraction of sp³-hybridized carbons (Fsp3) is 0.562. The van der Waals surface area contributed by atoms with Gasteiger partial charge in [-0.3, -0.25) is 4.90 Å². The second-order valence-corrected chi connectivity index (χ2v) is 6.79. The summed E-state index contributed by atoms with van der Waals surface area (Å²) in [6, 6.07) is 8.11. The lowest BCUT2D eigenvalue weighted by molar-refractivity contribution is 0.106. The Kier molecular flexibility index (Phi) is 4.57. The van der Waals surface area contributed by atoms with Crippen molar-refractivity contribution in [2.75, 3.05) is 18.4 Å². The Bertz CT molecular complexity index is 505. The number of hydrogen-bond acceptors (Lipinski definition) is 3. The third kappa shape index (κ3) is 3.65. The third-order valence-corrected chi connectivity index (χ3v) is 4.22. The Morgan fingerprint density at radius 3 is 2.45 bits per heavy atom. The predicted octanol–water partition coefficient (Wildman–Crippen LogP) is 3.89. The number of hydrogen-bond donors (Lipinski definition) is 1. The maximum atomic E-state index is 8.88. The topological polar surface area (TPSA) is 39.1 Å².